The van der Waals surface area contributed by atoms with Crippen molar-refractivity contribution >= 4 is 5.91 Å². The van der Waals surface area contributed by atoms with E-state index in [0.717, 1.165) is 18.4 Å². The number of amides is 1. The summed E-state index contributed by atoms with van der Waals surface area (Å²) in [5.41, 5.74) is 6.62. The van der Waals surface area contributed by atoms with Gasteiger partial charge in [-0.05, 0) is 36.0 Å². The topological polar surface area (TPSA) is 46.3 Å². The third-order valence-corrected chi connectivity index (χ3v) is 3.71. The highest BCUT2D eigenvalue weighted by Gasteiger charge is 2.38. The summed E-state index contributed by atoms with van der Waals surface area (Å²) >= 11 is 0. The van der Waals surface area contributed by atoms with E-state index < -0.39 is 6.04 Å². The minimum atomic E-state index is -0.531. The zero-order valence-corrected chi connectivity index (χ0v) is 12.4. The molecule has 1 saturated carbocycles. The van der Waals surface area contributed by atoms with Crippen LogP contribution in [0, 0.1) is 11.2 Å². The van der Waals surface area contributed by atoms with Crippen LogP contribution in [0.5, 0.6) is 0 Å². The van der Waals surface area contributed by atoms with Crippen LogP contribution in [0.25, 0.3) is 0 Å². The van der Waals surface area contributed by atoms with E-state index >= 15 is 0 Å². The third kappa shape index (κ3) is 3.57. The van der Waals surface area contributed by atoms with E-state index in [1.165, 1.54) is 12.1 Å². The number of nitrogens with zero attached hydrogens (tertiary/aromatic N) is 1. The molecule has 0 aromatic heterocycles. The fourth-order valence-corrected chi connectivity index (χ4v) is 2.15. The summed E-state index contributed by atoms with van der Waals surface area (Å²) < 4.78 is 13.3. The van der Waals surface area contributed by atoms with Gasteiger partial charge in [0.05, 0.1) is 6.04 Å². The van der Waals surface area contributed by atoms with E-state index in [-0.39, 0.29) is 23.2 Å². The molecule has 0 spiro atoms. The first-order chi connectivity index (χ1) is 9.29. The highest BCUT2D eigenvalue weighted by atomic mass is 19.1. The Bertz CT molecular complexity index is 491. The van der Waals surface area contributed by atoms with Crippen LogP contribution < -0.4 is 5.73 Å². The first-order valence-electron chi connectivity index (χ1n) is 7.09. The molecule has 1 aliphatic carbocycles. The second-order valence-corrected chi connectivity index (χ2v) is 6.67. The van der Waals surface area contributed by atoms with Crippen molar-refractivity contribution in [3.05, 3.63) is 35.6 Å². The average molecular weight is 278 g/mol. The number of hydrogen-bond donors (Lipinski definition) is 1. The number of rotatable bonds is 4. The van der Waals surface area contributed by atoms with Crippen LogP contribution in [0.15, 0.2) is 24.3 Å². The Hall–Kier alpha value is -1.42. The maximum atomic E-state index is 13.3. The Balaban J connectivity index is 2.14. The molecule has 1 unspecified atom stereocenters. The number of nitrogens with two attached hydrogens (primary N) is 1. The van der Waals surface area contributed by atoms with Crippen molar-refractivity contribution in [1.29, 1.82) is 0 Å². The van der Waals surface area contributed by atoms with E-state index in [0.29, 0.717) is 6.54 Å². The van der Waals surface area contributed by atoms with Crippen molar-refractivity contribution in [3.8, 4) is 0 Å². The number of benzene rings is 1. The second-order valence-electron chi connectivity index (χ2n) is 6.67. The minimum absolute atomic E-state index is 0.0377. The van der Waals surface area contributed by atoms with Crippen molar-refractivity contribution < 1.29 is 9.18 Å². The summed E-state index contributed by atoms with van der Waals surface area (Å²) in [5.74, 6) is -0.310. The summed E-state index contributed by atoms with van der Waals surface area (Å²) in [6.45, 7) is 6.32. The predicted molar refractivity (Wildman–Crippen MR) is 77.4 cm³/mol. The molecule has 2 N–H and O–H groups in total. The van der Waals surface area contributed by atoms with Crippen LogP contribution in [-0.2, 0) is 11.3 Å². The summed E-state index contributed by atoms with van der Waals surface area (Å²) in [7, 11) is 0. The molecule has 4 heteroatoms. The van der Waals surface area contributed by atoms with Gasteiger partial charge >= 0.3 is 0 Å². The van der Waals surface area contributed by atoms with Gasteiger partial charge in [0.1, 0.15) is 5.82 Å². The van der Waals surface area contributed by atoms with Gasteiger partial charge in [-0.3, -0.25) is 4.79 Å². The molecular formula is C16H23FN2O. The molecular weight excluding hydrogens is 255 g/mol. The first-order valence-corrected chi connectivity index (χ1v) is 7.09. The van der Waals surface area contributed by atoms with Gasteiger partial charge in [-0.1, -0.05) is 32.9 Å². The first kappa shape index (κ1) is 15.0. The van der Waals surface area contributed by atoms with E-state index in [2.05, 4.69) is 0 Å². The molecule has 110 valence electrons. The highest BCUT2D eigenvalue weighted by molar-refractivity contribution is 5.83. The summed E-state index contributed by atoms with van der Waals surface area (Å²) in [6, 6.07) is 6.13. The van der Waals surface area contributed by atoms with Gasteiger partial charge in [0, 0.05) is 12.6 Å². The van der Waals surface area contributed by atoms with Gasteiger partial charge in [-0.25, -0.2) is 4.39 Å². The number of halogens is 1. The number of hydrogen-bond acceptors (Lipinski definition) is 2. The average Bonchev–Trinajstić information content (AvgIpc) is 3.17. The molecule has 0 heterocycles. The molecule has 1 aromatic rings. The summed E-state index contributed by atoms with van der Waals surface area (Å²) in [6.07, 6.45) is 2.02. The van der Waals surface area contributed by atoms with E-state index in [9.17, 15) is 9.18 Å². The largest absolute Gasteiger partial charge is 0.334 e. The van der Waals surface area contributed by atoms with Gasteiger partial charge in [0.25, 0.3) is 0 Å². The molecule has 1 amide bonds. The lowest BCUT2D eigenvalue weighted by Crippen LogP contribution is -2.50. The molecule has 0 saturated heterocycles. The van der Waals surface area contributed by atoms with Crippen molar-refractivity contribution in [2.24, 2.45) is 11.1 Å². The maximum absolute atomic E-state index is 13.3. The number of carbonyl (C=O) groups excluding carboxylic acids is 1. The molecule has 1 atom stereocenters. The van der Waals surface area contributed by atoms with Gasteiger partial charge in [-0.15, -0.1) is 0 Å². The Morgan fingerprint density at radius 2 is 2.10 bits per heavy atom. The normalized spacial score (nSPS) is 16.9. The van der Waals surface area contributed by atoms with E-state index in [1.54, 1.807) is 6.07 Å². The zero-order valence-electron chi connectivity index (χ0n) is 12.4. The molecule has 3 nitrogen and oxygen atoms in total. The van der Waals surface area contributed by atoms with Crippen LogP contribution in [0.2, 0.25) is 0 Å². The lowest BCUT2D eigenvalue weighted by molar-refractivity contribution is -0.136. The Morgan fingerprint density at radius 3 is 2.60 bits per heavy atom. The van der Waals surface area contributed by atoms with Gasteiger partial charge in [0.15, 0.2) is 0 Å². The molecule has 1 aromatic carbocycles. The number of carbonyl (C=O) groups is 1. The molecule has 0 aliphatic heterocycles. The van der Waals surface area contributed by atoms with Crippen LogP contribution >= 0.6 is 0 Å². The van der Waals surface area contributed by atoms with Crippen LogP contribution in [0.1, 0.15) is 39.2 Å². The maximum Gasteiger partial charge on any atom is 0.240 e. The highest BCUT2D eigenvalue weighted by Crippen LogP contribution is 2.31. The van der Waals surface area contributed by atoms with Crippen LogP contribution in [0.3, 0.4) is 0 Å². The van der Waals surface area contributed by atoms with E-state index in [1.807, 2.05) is 31.7 Å². The molecule has 20 heavy (non-hydrogen) atoms. The van der Waals surface area contributed by atoms with Crippen LogP contribution in [0.4, 0.5) is 4.39 Å². The summed E-state index contributed by atoms with van der Waals surface area (Å²) in [4.78, 5) is 14.4. The second kappa shape index (κ2) is 5.52. The molecule has 2 rings (SSSR count). The summed E-state index contributed by atoms with van der Waals surface area (Å²) in [5, 5.41) is 0. The van der Waals surface area contributed by atoms with Crippen molar-refractivity contribution in [2.75, 3.05) is 0 Å². The lowest BCUT2D eigenvalue weighted by Gasteiger charge is -2.32. The SMILES string of the molecule is CC(C)(C)C(N)C(=O)N(Cc1cccc(F)c1)C1CC1. The Morgan fingerprint density at radius 1 is 1.45 bits per heavy atom. The fraction of sp³-hybridized carbons (Fsp3) is 0.562. The lowest BCUT2D eigenvalue weighted by atomic mass is 9.86. The Kier molecular flexibility index (Phi) is 4.14. The van der Waals surface area contributed by atoms with Crippen molar-refractivity contribution in [1.82, 2.24) is 4.90 Å². The minimum Gasteiger partial charge on any atom is -0.334 e. The van der Waals surface area contributed by atoms with E-state index in [4.69, 9.17) is 5.73 Å². The van der Waals surface area contributed by atoms with Crippen molar-refractivity contribution in [2.45, 2.75) is 52.2 Å². The quantitative estimate of drug-likeness (QED) is 0.920. The third-order valence-electron chi connectivity index (χ3n) is 3.71. The molecule has 1 fully saturated rings. The zero-order chi connectivity index (χ0) is 14.9. The molecule has 0 bridgehead atoms. The van der Waals surface area contributed by atoms with Crippen LogP contribution in [-0.4, -0.2) is 22.9 Å². The standard InChI is InChI=1S/C16H23FN2O/c1-16(2,3)14(18)15(20)19(13-7-8-13)10-11-5-4-6-12(17)9-11/h4-6,9,13-14H,7-8,10,18H2,1-3H3. The molecule has 1 aliphatic rings. The fourth-order valence-electron chi connectivity index (χ4n) is 2.15. The van der Waals surface area contributed by atoms with Gasteiger partial charge in [0.2, 0.25) is 5.91 Å². The predicted octanol–water partition coefficient (Wildman–Crippen LogP) is 2.69. The Labute approximate surface area is 120 Å². The van der Waals surface area contributed by atoms with Crippen molar-refractivity contribution in [3.63, 3.8) is 0 Å². The molecule has 0 radical (unpaired) electrons. The monoisotopic (exact) mass is 278 g/mol. The van der Waals surface area contributed by atoms with Gasteiger partial charge in [-0.2, -0.15) is 0 Å². The smallest absolute Gasteiger partial charge is 0.240 e. The van der Waals surface area contributed by atoms with Gasteiger partial charge < -0.3 is 10.6 Å².